The average molecular weight is 421 g/mol. The fourth-order valence-electron chi connectivity index (χ4n) is 5.16. The first-order valence-corrected chi connectivity index (χ1v) is 11.8. The topological polar surface area (TPSA) is 9.23 Å². The molecule has 0 saturated carbocycles. The van der Waals surface area contributed by atoms with Crippen LogP contribution >= 0.6 is 11.8 Å². The Bertz CT molecular complexity index is 1380. The molecule has 0 bridgehead atoms. The maximum absolute atomic E-state index is 5.62. The van der Waals surface area contributed by atoms with E-state index in [1.807, 2.05) is 11.8 Å². The highest BCUT2D eigenvalue weighted by Crippen LogP contribution is 2.51. The van der Waals surface area contributed by atoms with Crippen molar-refractivity contribution in [2.45, 2.75) is 36.0 Å². The van der Waals surface area contributed by atoms with Crippen LogP contribution in [0.5, 0.6) is 5.75 Å². The number of fused-ring (bicyclic) bond motifs is 5. The summed E-state index contributed by atoms with van der Waals surface area (Å²) >= 11 is 1.87. The molecular formula is C29H24OS. The van der Waals surface area contributed by atoms with E-state index in [0.29, 0.717) is 0 Å². The average Bonchev–Trinajstić information content (AvgIpc) is 2.81. The molecule has 0 atom stereocenters. The Hall–Kier alpha value is -2.97. The van der Waals surface area contributed by atoms with Gasteiger partial charge in [0.05, 0.1) is 7.11 Å². The van der Waals surface area contributed by atoms with Crippen molar-refractivity contribution in [1.82, 2.24) is 0 Å². The number of aryl methyl sites for hydroxylation is 2. The SMILES string of the molecule is COc1ccc2c(c1)/C(=C1/CCCc3ccc4cc(C)ccc4c31)c1ccccc1S2. The summed E-state index contributed by atoms with van der Waals surface area (Å²) in [4.78, 5) is 2.65. The van der Waals surface area contributed by atoms with Gasteiger partial charge in [-0.25, -0.2) is 0 Å². The molecule has 0 unspecified atom stereocenters. The standard InChI is InChI=1S/C29H24OS/c1-18-10-14-22-20(16-18)12-11-19-6-5-8-24(28(19)22)29-23-7-3-4-9-26(23)31-27-15-13-21(30-2)17-25(27)29/h3-4,7,9-17H,5-6,8H2,1-2H3/b29-24-. The van der Waals surface area contributed by atoms with Crippen LogP contribution < -0.4 is 4.74 Å². The van der Waals surface area contributed by atoms with Crippen molar-refractivity contribution in [2.75, 3.05) is 7.11 Å². The fraction of sp³-hybridized carbons (Fsp3) is 0.172. The second-order valence-corrected chi connectivity index (χ2v) is 9.58. The highest BCUT2D eigenvalue weighted by molar-refractivity contribution is 7.99. The third-order valence-corrected chi connectivity index (χ3v) is 7.72. The maximum atomic E-state index is 5.62. The molecule has 2 heteroatoms. The molecular weight excluding hydrogens is 396 g/mol. The van der Waals surface area contributed by atoms with Crippen LogP contribution in [0, 0.1) is 6.92 Å². The zero-order valence-corrected chi connectivity index (χ0v) is 18.7. The van der Waals surface area contributed by atoms with Crippen molar-refractivity contribution in [3.63, 3.8) is 0 Å². The van der Waals surface area contributed by atoms with Gasteiger partial charge in [-0.15, -0.1) is 0 Å². The molecule has 1 nitrogen and oxygen atoms in total. The summed E-state index contributed by atoms with van der Waals surface area (Å²) in [6.07, 6.45) is 3.44. The minimum Gasteiger partial charge on any atom is -0.497 e. The summed E-state index contributed by atoms with van der Waals surface area (Å²) in [6, 6.07) is 26.9. The molecule has 4 aromatic carbocycles. The number of benzene rings is 4. The number of methoxy groups -OCH3 is 1. The first-order chi connectivity index (χ1) is 15.2. The number of allylic oxidation sites excluding steroid dienone is 1. The lowest BCUT2D eigenvalue weighted by Gasteiger charge is -2.29. The Morgan fingerprint density at radius 3 is 2.58 bits per heavy atom. The van der Waals surface area contributed by atoms with E-state index >= 15 is 0 Å². The van der Waals surface area contributed by atoms with Crippen molar-refractivity contribution < 1.29 is 4.74 Å². The summed E-state index contributed by atoms with van der Waals surface area (Å²) in [5.41, 5.74) is 9.76. The number of hydrogen-bond donors (Lipinski definition) is 0. The zero-order chi connectivity index (χ0) is 20.9. The van der Waals surface area contributed by atoms with Crippen LogP contribution in [0.3, 0.4) is 0 Å². The molecule has 0 amide bonds. The van der Waals surface area contributed by atoms with Crippen molar-refractivity contribution >= 4 is 33.7 Å². The molecule has 0 fully saturated rings. The Kier molecular flexibility index (Phi) is 4.43. The molecule has 6 rings (SSSR count). The molecule has 0 spiro atoms. The van der Waals surface area contributed by atoms with E-state index < -0.39 is 0 Å². The van der Waals surface area contributed by atoms with E-state index in [1.54, 1.807) is 7.11 Å². The third kappa shape index (κ3) is 3.01. The first kappa shape index (κ1) is 18.8. The fourth-order valence-corrected chi connectivity index (χ4v) is 6.23. The predicted molar refractivity (Wildman–Crippen MR) is 131 cm³/mol. The van der Waals surface area contributed by atoms with E-state index in [-0.39, 0.29) is 0 Å². The molecule has 4 aromatic rings. The number of ether oxygens (including phenoxy) is 1. The Morgan fingerprint density at radius 1 is 0.806 bits per heavy atom. The van der Waals surface area contributed by atoms with E-state index in [9.17, 15) is 0 Å². The second kappa shape index (κ2) is 7.32. The molecule has 0 saturated heterocycles. The van der Waals surface area contributed by atoms with Crippen molar-refractivity contribution in [3.8, 4) is 5.75 Å². The van der Waals surface area contributed by atoms with Crippen LogP contribution in [0.4, 0.5) is 0 Å². The van der Waals surface area contributed by atoms with E-state index in [1.165, 1.54) is 65.9 Å². The Balaban J connectivity index is 1.73. The van der Waals surface area contributed by atoms with Gasteiger partial charge < -0.3 is 4.74 Å². The van der Waals surface area contributed by atoms with Gasteiger partial charge in [0.2, 0.25) is 0 Å². The minimum atomic E-state index is 0.918. The van der Waals surface area contributed by atoms with Gasteiger partial charge in [-0.3, -0.25) is 0 Å². The molecule has 31 heavy (non-hydrogen) atoms. The van der Waals surface area contributed by atoms with Gasteiger partial charge in [0, 0.05) is 15.4 Å². The third-order valence-electron chi connectivity index (χ3n) is 6.57. The van der Waals surface area contributed by atoms with Crippen molar-refractivity contribution in [3.05, 3.63) is 101 Å². The van der Waals surface area contributed by atoms with E-state index in [4.69, 9.17) is 4.74 Å². The second-order valence-electron chi connectivity index (χ2n) is 8.49. The molecule has 1 heterocycles. The first-order valence-electron chi connectivity index (χ1n) is 10.9. The maximum Gasteiger partial charge on any atom is 0.119 e. The van der Waals surface area contributed by atoms with Crippen LogP contribution in [-0.4, -0.2) is 7.11 Å². The molecule has 2 aliphatic rings. The summed E-state index contributed by atoms with van der Waals surface area (Å²) in [5, 5.41) is 2.72. The van der Waals surface area contributed by atoms with Gasteiger partial charge in [-0.2, -0.15) is 0 Å². The van der Waals surface area contributed by atoms with Gasteiger partial charge in [-0.05, 0) is 89.1 Å². The largest absolute Gasteiger partial charge is 0.497 e. The molecule has 152 valence electrons. The van der Waals surface area contributed by atoms with Gasteiger partial charge in [0.15, 0.2) is 0 Å². The highest BCUT2D eigenvalue weighted by Gasteiger charge is 2.28. The van der Waals surface area contributed by atoms with Crippen LogP contribution in [0.2, 0.25) is 0 Å². The van der Waals surface area contributed by atoms with Gasteiger partial charge in [0.25, 0.3) is 0 Å². The predicted octanol–water partition coefficient (Wildman–Crippen LogP) is 7.92. The quantitative estimate of drug-likeness (QED) is 0.272. The van der Waals surface area contributed by atoms with Crippen LogP contribution in [0.15, 0.2) is 82.6 Å². The smallest absolute Gasteiger partial charge is 0.119 e. The van der Waals surface area contributed by atoms with Crippen molar-refractivity contribution in [2.24, 2.45) is 0 Å². The molecule has 0 aromatic heterocycles. The molecule has 0 N–H and O–H groups in total. The summed E-state index contributed by atoms with van der Waals surface area (Å²) in [5.74, 6) is 0.918. The highest BCUT2D eigenvalue weighted by atomic mass is 32.2. The molecule has 1 aliphatic carbocycles. The van der Waals surface area contributed by atoms with E-state index in [2.05, 4.69) is 79.7 Å². The lowest BCUT2D eigenvalue weighted by Crippen LogP contribution is -2.08. The summed E-state index contributed by atoms with van der Waals surface area (Å²) in [6.45, 7) is 2.18. The van der Waals surface area contributed by atoms with Gasteiger partial charge >= 0.3 is 0 Å². The Labute approximate surface area is 187 Å². The van der Waals surface area contributed by atoms with Gasteiger partial charge in [-0.1, -0.05) is 65.9 Å². The minimum absolute atomic E-state index is 0.918. The van der Waals surface area contributed by atoms with Crippen LogP contribution in [0.25, 0.3) is 21.9 Å². The molecule has 1 aliphatic heterocycles. The van der Waals surface area contributed by atoms with Gasteiger partial charge in [0.1, 0.15) is 5.75 Å². The summed E-state index contributed by atoms with van der Waals surface area (Å²) in [7, 11) is 1.75. The van der Waals surface area contributed by atoms with E-state index in [0.717, 1.165) is 18.6 Å². The lowest BCUT2D eigenvalue weighted by atomic mass is 9.78. The zero-order valence-electron chi connectivity index (χ0n) is 17.9. The molecule has 0 radical (unpaired) electrons. The Morgan fingerprint density at radius 2 is 1.68 bits per heavy atom. The monoisotopic (exact) mass is 420 g/mol. The number of rotatable bonds is 1. The van der Waals surface area contributed by atoms with Crippen LogP contribution in [0.1, 0.15) is 40.7 Å². The van der Waals surface area contributed by atoms with Crippen molar-refractivity contribution in [1.29, 1.82) is 0 Å². The lowest BCUT2D eigenvalue weighted by molar-refractivity contribution is 0.414. The normalized spacial score (nSPS) is 17.1. The number of hydrogen-bond acceptors (Lipinski definition) is 2. The van der Waals surface area contributed by atoms with Crippen LogP contribution in [-0.2, 0) is 6.42 Å². The summed E-state index contributed by atoms with van der Waals surface area (Å²) < 4.78 is 5.62.